The van der Waals surface area contributed by atoms with E-state index in [0.29, 0.717) is 29.8 Å². The third-order valence-corrected chi connectivity index (χ3v) is 17.9. The first-order valence-electron chi connectivity index (χ1n) is 22.1. The molecule has 0 aromatic heterocycles. The lowest BCUT2D eigenvalue weighted by molar-refractivity contribution is -0.166. The molecular weight excluding hydrogens is 665 g/mol. The van der Waals surface area contributed by atoms with Crippen LogP contribution >= 0.6 is 0 Å². The van der Waals surface area contributed by atoms with Crippen LogP contribution in [0, 0.1) is 33.5 Å². The molecule has 2 aromatic rings. The Morgan fingerprint density at radius 2 is 1.22 bits per heavy atom. The van der Waals surface area contributed by atoms with Crippen LogP contribution in [0.3, 0.4) is 0 Å². The largest absolute Gasteiger partial charge is 0.353 e. The number of amides is 2. The highest BCUT2D eigenvalue weighted by Gasteiger charge is 2.70. The first kappa shape index (κ1) is 34.5. The first-order valence-corrected chi connectivity index (χ1v) is 22.1. The SMILES string of the molecule is C[C@]12CC3CC(C(=O)NC4CC5CNC4C5)(C1)C[C@@](c1ccc(C45CC6(C(=O)N[C@H]7CC[C@@H](N)CC7)C[C@](C)(C4)C[C@@](c4ccccc4)(C6)C5)cc1)(C3)C2. The van der Waals surface area contributed by atoms with Gasteiger partial charge in [-0.05, 0) is 178 Å². The molecule has 1 saturated heterocycles. The van der Waals surface area contributed by atoms with Gasteiger partial charge in [0.25, 0.3) is 0 Å². The Kier molecular flexibility index (Phi) is 7.33. The van der Waals surface area contributed by atoms with Gasteiger partial charge in [0, 0.05) is 24.2 Å². The van der Waals surface area contributed by atoms with Crippen molar-refractivity contribution in [1.29, 1.82) is 0 Å². The van der Waals surface area contributed by atoms with Crippen molar-refractivity contribution >= 4 is 11.8 Å². The summed E-state index contributed by atoms with van der Waals surface area (Å²) in [6.45, 7) is 6.15. The van der Waals surface area contributed by atoms with Crippen LogP contribution in [0.5, 0.6) is 0 Å². The average Bonchev–Trinajstić information content (AvgIpc) is 3.75. The third-order valence-electron chi connectivity index (χ3n) is 17.9. The van der Waals surface area contributed by atoms with Crippen LogP contribution in [0.15, 0.2) is 54.6 Å². The van der Waals surface area contributed by atoms with E-state index in [4.69, 9.17) is 5.73 Å². The maximum Gasteiger partial charge on any atom is 0.226 e. The van der Waals surface area contributed by atoms with Crippen molar-refractivity contribution in [2.24, 2.45) is 39.2 Å². The average molecular weight is 729 g/mol. The molecule has 0 radical (unpaired) electrons. The highest BCUT2D eigenvalue weighted by atomic mass is 16.2. The van der Waals surface area contributed by atoms with Gasteiger partial charge in [-0.15, -0.1) is 0 Å². The zero-order valence-electron chi connectivity index (χ0n) is 33.0. The van der Waals surface area contributed by atoms with Gasteiger partial charge in [0.15, 0.2) is 0 Å². The first-order chi connectivity index (χ1) is 25.8. The molecule has 6 nitrogen and oxygen atoms in total. The monoisotopic (exact) mass is 729 g/mol. The number of nitrogens with two attached hydrogens (primary N) is 1. The number of rotatable bonds is 7. The minimum Gasteiger partial charge on any atom is -0.353 e. The third kappa shape index (κ3) is 5.16. The quantitative estimate of drug-likeness (QED) is 0.235. The second-order valence-electron chi connectivity index (χ2n) is 22.6. The van der Waals surface area contributed by atoms with E-state index in [1.165, 1.54) is 48.8 Å². The Labute approximate surface area is 323 Å². The molecule has 0 spiro atoms. The molecule has 10 aliphatic carbocycles. The van der Waals surface area contributed by atoms with Gasteiger partial charge < -0.3 is 21.7 Å². The fraction of sp³-hybridized carbons (Fsp3) is 0.708. The predicted molar refractivity (Wildman–Crippen MR) is 213 cm³/mol. The maximum atomic E-state index is 14.8. The molecule has 10 bridgehead atoms. The van der Waals surface area contributed by atoms with Crippen LogP contribution in [-0.2, 0) is 25.8 Å². The van der Waals surface area contributed by atoms with Crippen LogP contribution in [-0.4, -0.2) is 42.5 Å². The molecule has 11 fully saturated rings. The van der Waals surface area contributed by atoms with Crippen molar-refractivity contribution in [3.05, 3.63) is 71.3 Å². The van der Waals surface area contributed by atoms with Gasteiger partial charge in [-0.25, -0.2) is 0 Å². The van der Waals surface area contributed by atoms with Crippen molar-refractivity contribution in [2.45, 2.75) is 170 Å². The molecule has 2 aromatic carbocycles. The molecule has 2 amide bonds. The van der Waals surface area contributed by atoms with E-state index in [1.54, 1.807) is 0 Å². The van der Waals surface area contributed by atoms with E-state index in [2.05, 4.69) is 84.4 Å². The molecule has 6 heteroatoms. The summed E-state index contributed by atoms with van der Waals surface area (Å²) in [5, 5.41) is 11.0. The highest BCUT2D eigenvalue weighted by molar-refractivity contribution is 5.85. The summed E-state index contributed by atoms with van der Waals surface area (Å²) in [7, 11) is 0. The molecule has 7 unspecified atom stereocenters. The van der Waals surface area contributed by atoms with Gasteiger partial charge in [0.05, 0.1) is 10.8 Å². The molecule has 54 heavy (non-hydrogen) atoms. The second kappa shape index (κ2) is 11.5. The fourth-order valence-electron chi connectivity index (χ4n) is 17.4. The number of piperidine rings is 1. The van der Waals surface area contributed by atoms with E-state index in [9.17, 15) is 9.59 Å². The molecule has 1 aliphatic heterocycles. The molecule has 10 saturated carbocycles. The predicted octanol–water partition coefficient (Wildman–Crippen LogP) is 7.72. The standard InChI is InChI=1S/C48H64N4O2/c1-42-18-32-19-44(22-42,27-45(20-32,23-42)40(53)52-39-17-31-16-38(39)50-21-31)34-8-10-35(11-9-34)47-25-43(2)24-46(28-47,33-6-4-3-5-7-33)29-48(26-43,30-47)41(54)51-37-14-12-36(49)13-15-37/h3-11,31-32,36-39,50H,12-30,49H2,1-2H3,(H,51,54)(H,52,53)/t31?,32?,36-,37+,38?,39?,42-,43+,44-,45?,46+,47?,48?/m1/s1. The van der Waals surface area contributed by atoms with Crippen molar-refractivity contribution in [1.82, 2.24) is 16.0 Å². The van der Waals surface area contributed by atoms with Crippen molar-refractivity contribution in [2.75, 3.05) is 6.54 Å². The van der Waals surface area contributed by atoms with Crippen molar-refractivity contribution < 1.29 is 9.59 Å². The summed E-state index contributed by atoms with van der Waals surface area (Å²) in [5.41, 5.74) is 10.4. The van der Waals surface area contributed by atoms with Gasteiger partial charge in [-0.3, -0.25) is 9.59 Å². The van der Waals surface area contributed by atoms with Crippen LogP contribution in [0.25, 0.3) is 0 Å². The van der Waals surface area contributed by atoms with Gasteiger partial charge in [-0.2, -0.15) is 0 Å². The number of carbonyl (C=O) groups excluding carboxylic acids is 2. The van der Waals surface area contributed by atoms with Crippen LogP contribution in [0.4, 0.5) is 0 Å². The fourth-order valence-corrected chi connectivity index (χ4v) is 17.4. The van der Waals surface area contributed by atoms with Crippen LogP contribution in [0.2, 0.25) is 0 Å². The summed E-state index contributed by atoms with van der Waals surface area (Å²) in [6, 6.07) is 22.6. The molecule has 13 rings (SSSR count). The van der Waals surface area contributed by atoms with Gasteiger partial charge in [-0.1, -0.05) is 68.4 Å². The summed E-state index contributed by atoms with van der Waals surface area (Å²) < 4.78 is 0. The zero-order chi connectivity index (χ0) is 36.8. The Balaban J connectivity index is 0.922. The lowest BCUT2D eigenvalue weighted by Crippen LogP contribution is -2.67. The van der Waals surface area contributed by atoms with E-state index < -0.39 is 0 Å². The second-order valence-corrected chi connectivity index (χ2v) is 22.6. The summed E-state index contributed by atoms with van der Waals surface area (Å²) in [6.07, 6.45) is 19.6. The topological polar surface area (TPSA) is 96.2 Å². The Morgan fingerprint density at radius 1 is 0.611 bits per heavy atom. The molecular formula is C48H64N4O2. The van der Waals surface area contributed by atoms with Crippen molar-refractivity contribution in [3.63, 3.8) is 0 Å². The lowest BCUT2D eigenvalue weighted by atomic mass is 9.33. The smallest absolute Gasteiger partial charge is 0.226 e. The van der Waals surface area contributed by atoms with Gasteiger partial charge in [0.1, 0.15) is 0 Å². The van der Waals surface area contributed by atoms with E-state index in [-0.39, 0.29) is 50.0 Å². The normalized spacial score (nSPS) is 49.3. The number of hydrogen-bond acceptors (Lipinski definition) is 4. The highest BCUT2D eigenvalue weighted by Crippen LogP contribution is 2.75. The van der Waals surface area contributed by atoms with Gasteiger partial charge in [0.2, 0.25) is 11.8 Å². The summed E-state index contributed by atoms with van der Waals surface area (Å²) >= 11 is 0. The van der Waals surface area contributed by atoms with Gasteiger partial charge >= 0.3 is 0 Å². The molecule has 5 N–H and O–H groups in total. The van der Waals surface area contributed by atoms with Crippen LogP contribution < -0.4 is 21.7 Å². The molecule has 288 valence electrons. The lowest BCUT2D eigenvalue weighted by Gasteiger charge is -2.70. The Hall–Kier alpha value is -2.70. The minimum absolute atomic E-state index is 0.00170. The van der Waals surface area contributed by atoms with Crippen LogP contribution in [0.1, 0.15) is 146 Å². The minimum atomic E-state index is -0.361. The number of fused-ring (bicyclic) bond motifs is 2. The molecule has 1 heterocycles. The number of carbonyl (C=O) groups is 2. The van der Waals surface area contributed by atoms with E-state index in [0.717, 1.165) is 95.9 Å². The number of hydrogen-bond donors (Lipinski definition) is 4. The number of benzene rings is 2. The summed E-state index contributed by atoms with van der Waals surface area (Å²) in [5.74, 6) is 2.05. The maximum absolute atomic E-state index is 14.8. The number of nitrogens with one attached hydrogen (secondary N) is 3. The van der Waals surface area contributed by atoms with E-state index >= 15 is 0 Å². The molecule has 11 aliphatic rings. The summed E-state index contributed by atoms with van der Waals surface area (Å²) in [4.78, 5) is 29.3. The Bertz CT molecular complexity index is 1860. The van der Waals surface area contributed by atoms with E-state index in [1.807, 2.05) is 0 Å². The zero-order valence-corrected chi connectivity index (χ0v) is 33.0. The Morgan fingerprint density at radius 3 is 1.87 bits per heavy atom. The van der Waals surface area contributed by atoms with Crippen molar-refractivity contribution in [3.8, 4) is 0 Å². The molecule has 11 atom stereocenters.